The Morgan fingerprint density at radius 1 is 1.17 bits per heavy atom. The molecule has 0 aliphatic carbocycles. The van der Waals surface area contributed by atoms with E-state index in [1.165, 1.54) is 6.20 Å². The Bertz CT molecular complexity index is 977. The highest BCUT2D eigenvalue weighted by Crippen LogP contribution is 2.33. The molecule has 5 rings (SSSR count). The first-order valence-electron chi connectivity index (χ1n) is 12.7. The van der Waals surface area contributed by atoms with Gasteiger partial charge in [-0.1, -0.05) is 0 Å². The molecule has 198 valence electrons. The number of rotatable bonds is 4. The van der Waals surface area contributed by atoms with Crippen LogP contribution in [0.4, 0.5) is 20.2 Å². The SMILES string of the molecule is C[C@H]1CN(C(=O)C2CCN(c3c(F)cncc3NC(=O)C3C(N)NN4CC(F)CNC34)CC2)CCN1. The van der Waals surface area contributed by atoms with Gasteiger partial charge in [-0.15, -0.1) is 0 Å². The van der Waals surface area contributed by atoms with Crippen molar-refractivity contribution in [3.63, 3.8) is 0 Å². The Morgan fingerprint density at radius 2 is 1.94 bits per heavy atom. The smallest absolute Gasteiger partial charge is 0.233 e. The van der Waals surface area contributed by atoms with Crippen molar-refractivity contribution in [2.75, 3.05) is 56.0 Å². The molecule has 6 N–H and O–H groups in total. The van der Waals surface area contributed by atoms with Crippen LogP contribution in [0, 0.1) is 17.7 Å². The summed E-state index contributed by atoms with van der Waals surface area (Å²) in [7, 11) is 0. The Morgan fingerprint density at radius 3 is 2.69 bits per heavy atom. The summed E-state index contributed by atoms with van der Waals surface area (Å²) >= 11 is 0. The molecule has 0 spiro atoms. The van der Waals surface area contributed by atoms with E-state index in [2.05, 4.69) is 33.3 Å². The number of nitrogens with one attached hydrogen (secondary N) is 4. The molecule has 5 atom stereocenters. The van der Waals surface area contributed by atoms with Crippen molar-refractivity contribution in [2.45, 2.75) is 44.3 Å². The Kier molecular flexibility index (Phi) is 7.35. The van der Waals surface area contributed by atoms with Gasteiger partial charge in [0.05, 0.1) is 36.3 Å². The van der Waals surface area contributed by atoms with Crippen molar-refractivity contribution >= 4 is 23.2 Å². The molecule has 11 nitrogen and oxygen atoms in total. The van der Waals surface area contributed by atoms with Crippen LogP contribution in [0.5, 0.6) is 0 Å². The van der Waals surface area contributed by atoms with Gasteiger partial charge < -0.3 is 26.2 Å². The normalized spacial score (nSPS) is 31.8. The van der Waals surface area contributed by atoms with E-state index in [1.54, 1.807) is 5.01 Å². The highest BCUT2D eigenvalue weighted by molar-refractivity contribution is 5.96. The van der Waals surface area contributed by atoms with Gasteiger partial charge in [0.15, 0.2) is 5.82 Å². The molecule has 0 radical (unpaired) electrons. The number of hydrogen-bond donors (Lipinski definition) is 5. The number of nitrogens with two attached hydrogens (primary N) is 1. The topological polar surface area (TPSA) is 131 Å². The number of piperazine rings is 1. The second-order valence-corrected chi connectivity index (χ2v) is 10.2. The van der Waals surface area contributed by atoms with Crippen LogP contribution in [-0.4, -0.2) is 97.1 Å². The summed E-state index contributed by atoms with van der Waals surface area (Å²) < 4.78 is 28.8. The fourth-order valence-corrected chi connectivity index (χ4v) is 5.78. The van der Waals surface area contributed by atoms with Crippen molar-refractivity contribution in [1.29, 1.82) is 0 Å². The van der Waals surface area contributed by atoms with E-state index in [4.69, 9.17) is 5.73 Å². The highest BCUT2D eigenvalue weighted by atomic mass is 19.1. The molecule has 4 aliphatic rings. The van der Waals surface area contributed by atoms with Crippen LogP contribution >= 0.6 is 0 Å². The Hall–Kier alpha value is -2.45. The molecule has 36 heavy (non-hydrogen) atoms. The molecule has 5 heterocycles. The van der Waals surface area contributed by atoms with Crippen molar-refractivity contribution in [3.05, 3.63) is 18.2 Å². The summed E-state index contributed by atoms with van der Waals surface area (Å²) in [6, 6.07) is 0.275. The number of hydrazine groups is 1. The molecule has 0 aromatic carbocycles. The van der Waals surface area contributed by atoms with E-state index in [1.807, 2.05) is 9.80 Å². The minimum atomic E-state index is -1.06. The third-order valence-corrected chi connectivity index (χ3v) is 7.60. The average molecular weight is 508 g/mol. The first-order chi connectivity index (χ1) is 17.3. The van der Waals surface area contributed by atoms with Crippen LogP contribution in [0.2, 0.25) is 0 Å². The fourth-order valence-electron chi connectivity index (χ4n) is 5.78. The number of fused-ring (bicyclic) bond motifs is 1. The second-order valence-electron chi connectivity index (χ2n) is 10.2. The maximum Gasteiger partial charge on any atom is 0.233 e. The van der Waals surface area contributed by atoms with Gasteiger partial charge in [0, 0.05) is 57.8 Å². The van der Waals surface area contributed by atoms with Crippen LogP contribution in [0.25, 0.3) is 0 Å². The highest BCUT2D eigenvalue weighted by Gasteiger charge is 2.47. The standard InChI is InChI=1S/C23H35F2N9O2/c1-13-11-33(7-4-28-13)23(36)14-2-5-32(6-3-14)19-16(25)9-27-10-17(19)30-22(35)18-20(26)31-34-12-15(24)8-29-21(18)34/h9-10,13-15,18,20-21,28-29,31H,2-8,11-12,26H2,1H3,(H,30,35)/t13-,15?,18?,20?,21?/m0/s1. The van der Waals surface area contributed by atoms with Gasteiger partial charge in [-0.2, -0.15) is 0 Å². The predicted molar refractivity (Wildman–Crippen MR) is 130 cm³/mol. The minimum absolute atomic E-state index is 0.0975. The molecule has 0 bridgehead atoms. The molecule has 0 saturated carbocycles. The zero-order valence-corrected chi connectivity index (χ0v) is 20.4. The van der Waals surface area contributed by atoms with E-state index in [9.17, 15) is 14.0 Å². The lowest BCUT2D eigenvalue weighted by molar-refractivity contribution is -0.137. The van der Waals surface area contributed by atoms with Crippen molar-refractivity contribution in [2.24, 2.45) is 17.6 Å². The first kappa shape index (κ1) is 25.2. The minimum Gasteiger partial charge on any atom is -0.367 e. The number of carbonyl (C=O) groups excluding carboxylic acids is 2. The number of carbonyl (C=O) groups is 2. The second kappa shape index (κ2) is 10.5. The van der Waals surface area contributed by atoms with E-state index in [0.29, 0.717) is 39.0 Å². The first-order valence-corrected chi connectivity index (χ1v) is 12.7. The lowest BCUT2D eigenvalue weighted by atomic mass is 9.94. The summed E-state index contributed by atoms with van der Waals surface area (Å²) in [6.07, 6.45) is 1.52. The molecule has 13 heteroatoms. The third-order valence-electron chi connectivity index (χ3n) is 7.60. The number of aromatic nitrogens is 1. The van der Waals surface area contributed by atoms with Gasteiger partial charge in [0.25, 0.3) is 0 Å². The molecule has 4 fully saturated rings. The van der Waals surface area contributed by atoms with Crippen molar-refractivity contribution in [1.82, 2.24) is 31.0 Å². The molecule has 1 aromatic rings. The zero-order chi connectivity index (χ0) is 25.4. The van der Waals surface area contributed by atoms with E-state index in [0.717, 1.165) is 12.7 Å². The predicted octanol–water partition coefficient (Wildman–Crippen LogP) is -0.815. The number of alkyl halides is 1. The van der Waals surface area contributed by atoms with Crippen molar-refractivity contribution < 1.29 is 18.4 Å². The number of amides is 2. The molecule has 2 amide bonds. The number of piperidine rings is 1. The molecular formula is C23H35F2N9O2. The lowest BCUT2D eigenvalue weighted by Crippen LogP contribution is -2.58. The summed E-state index contributed by atoms with van der Waals surface area (Å²) in [5.74, 6) is -1.59. The maximum atomic E-state index is 15.0. The molecular weight excluding hydrogens is 472 g/mol. The van der Waals surface area contributed by atoms with Gasteiger partial charge in [-0.05, 0) is 19.8 Å². The average Bonchev–Trinajstić information content (AvgIpc) is 3.18. The number of halogens is 2. The van der Waals surface area contributed by atoms with Crippen LogP contribution in [0.3, 0.4) is 0 Å². The van der Waals surface area contributed by atoms with E-state index in [-0.39, 0.29) is 42.3 Å². The quantitative estimate of drug-likeness (QED) is 0.355. The van der Waals surface area contributed by atoms with Crippen LogP contribution in [0.15, 0.2) is 12.4 Å². The van der Waals surface area contributed by atoms with Crippen LogP contribution in [-0.2, 0) is 9.59 Å². The number of nitrogens with zero attached hydrogens (tertiary/aromatic N) is 4. The zero-order valence-electron chi connectivity index (χ0n) is 20.4. The Balaban J connectivity index is 1.25. The molecule has 4 aliphatic heterocycles. The summed E-state index contributed by atoms with van der Waals surface area (Å²) in [6.45, 7) is 5.50. The number of anilines is 2. The lowest BCUT2D eigenvalue weighted by Gasteiger charge is -2.38. The summed E-state index contributed by atoms with van der Waals surface area (Å²) in [4.78, 5) is 34.0. The van der Waals surface area contributed by atoms with E-state index < -0.39 is 36.1 Å². The maximum absolute atomic E-state index is 15.0. The molecule has 4 unspecified atom stereocenters. The molecule has 4 saturated heterocycles. The fraction of sp³-hybridized carbons (Fsp3) is 0.696. The van der Waals surface area contributed by atoms with Crippen LogP contribution < -0.4 is 32.0 Å². The van der Waals surface area contributed by atoms with Crippen molar-refractivity contribution in [3.8, 4) is 0 Å². The van der Waals surface area contributed by atoms with Gasteiger partial charge in [0.1, 0.15) is 11.9 Å². The van der Waals surface area contributed by atoms with Gasteiger partial charge in [-0.3, -0.25) is 19.9 Å². The van der Waals surface area contributed by atoms with Gasteiger partial charge in [-0.25, -0.2) is 19.2 Å². The number of hydrogen-bond acceptors (Lipinski definition) is 9. The largest absolute Gasteiger partial charge is 0.367 e. The monoisotopic (exact) mass is 507 g/mol. The Labute approximate surface area is 209 Å². The van der Waals surface area contributed by atoms with Crippen LogP contribution in [0.1, 0.15) is 19.8 Å². The summed E-state index contributed by atoms with van der Waals surface area (Å²) in [5.41, 5.74) is 9.61. The summed E-state index contributed by atoms with van der Waals surface area (Å²) in [5, 5.41) is 10.8. The molecule has 1 aromatic heterocycles. The van der Waals surface area contributed by atoms with Gasteiger partial charge in [0.2, 0.25) is 11.8 Å². The van der Waals surface area contributed by atoms with E-state index >= 15 is 4.39 Å². The third kappa shape index (κ3) is 5.02. The number of pyridine rings is 1. The van der Waals surface area contributed by atoms with Gasteiger partial charge >= 0.3 is 0 Å².